The number of rotatable bonds is 4. The molecule has 0 bridgehead atoms. The van der Waals surface area contributed by atoms with Crippen LogP contribution in [0.2, 0.25) is 0 Å². The lowest BCUT2D eigenvalue weighted by molar-refractivity contribution is 0.409. The van der Waals surface area contributed by atoms with Crippen LogP contribution in [0.4, 0.5) is 0 Å². The molecule has 2 aromatic carbocycles. The summed E-state index contributed by atoms with van der Waals surface area (Å²) in [6.07, 6.45) is 2.05. The molecule has 0 aliphatic carbocycles. The minimum Gasteiger partial charge on any atom is -0.496 e. The van der Waals surface area contributed by atoms with Gasteiger partial charge >= 0.3 is 0 Å². The molecule has 0 aromatic heterocycles. The Kier molecular flexibility index (Phi) is 4.17. The van der Waals surface area contributed by atoms with Crippen LogP contribution in [0.25, 0.3) is 0 Å². The minimum atomic E-state index is 0.980. The molecule has 0 heterocycles. The third-order valence-electron chi connectivity index (χ3n) is 2.91. The Hall–Kier alpha value is -1.33. The Morgan fingerprint density at radius 3 is 2.18 bits per heavy atom. The Bertz CT molecular complexity index is 494. The van der Waals surface area contributed by atoms with Crippen molar-refractivity contribution in [3.05, 3.63) is 59.7 Å². The molecule has 88 valence electrons. The Morgan fingerprint density at radius 1 is 0.882 bits per heavy atom. The van der Waals surface area contributed by atoms with E-state index in [4.69, 9.17) is 4.74 Å². The van der Waals surface area contributed by atoms with Crippen molar-refractivity contribution in [2.75, 3.05) is 7.11 Å². The van der Waals surface area contributed by atoms with Gasteiger partial charge in [0.15, 0.2) is 0 Å². The molecule has 17 heavy (non-hydrogen) atoms. The van der Waals surface area contributed by atoms with Crippen LogP contribution in [0.3, 0.4) is 0 Å². The molecule has 1 unspecified atom stereocenters. The molecule has 0 aliphatic heterocycles. The lowest BCUT2D eigenvalue weighted by Gasteiger charge is -2.09. The van der Waals surface area contributed by atoms with Gasteiger partial charge in [0.25, 0.3) is 0 Å². The number of para-hydroxylation sites is 1. The van der Waals surface area contributed by atoms with Crippen LogP contribution in [0, 0.1) is 0 Å². The first-order valence-electron chi connectivity index (χ1n) is 5.76. The molecule has 2 heteroatoms. The fourth-order valence-electron chi connectivity index (χ4n) is 1.94. The van der Waals surface area contributed by atoms with Crippen molar-refractivity contribution in [1.29, 1.82) is 0 Å². The van der Waals surface area contributed by atoms with E-state index in [1.165, 1.54) is 16.4 Å². The average molecular weight is 244 g/mol. The zero-order valence-electron chi connectivity index (χ0n) is 10.0. The highest BCUT2D eigenvalue weighted by atomic mass is 31.0. The van der Waals surface area contributed by atoms with Crippen molar-refractivity contribution in [2.45, 2.75) is 12.8 Å². The summed E-state index contributed by atoms with van der Waals surface area (Å²) in [5.41, 5.74) is 2.65. The maximum atomic E-state index is 5.36. The molecule has 2 aromatic rings. The minimum absolute atomic E-state index is 0.980. The second kappa shape index (κ2) is 5.84. The van der Waals surface area contributed by atoms with Gasteiger partial charge in [-0.3, -0.25) is 0 Å². The van der Waals surface area contributed by atoms with Crippen molar-refractivity contribution < 1.29 is 4.74 Å². The van der Waals surface area contributed by atoms with Crippen LogP contribution in [-0.4, -0.2) is 7.11 Å². The van der Waals surface area contributed by atoms with E-state index in [-0.39, 0.29) is 0 Å². The van der Waals surface area contributed by atoms with Gasteiger partial charge in [-0.25, -0.2) is 0 Å². The van der Waals surface area contributed by atoms with Crippen LogP contribution >= 0.6 is 9.24 Å². The summed E-state index contributed by atoms with van der Waals surface area (Å²) in [5.74, 6) is 0.980. The number of ether oxygens (including phenoxy) is 1. The van der Waals surface area contributed by atoms with Gasteiger partial charge in [0.05, 0.1) is 7.11 Å². The van der Waals surface area contributed by atoms with Gasteiger partial charge in [-0.05, 0) is 35.3 Å². The standard InChI is InChI=1S/C15H17OP/c1-16-14-8-4-2-6-12(14)10-11-13-7-3-5-9-15(13)17/h2-9H,10-11,17H2,1H3. The molecular formula is C15H17OP. The van der Waals surface area contributed by atoms with Crippen molar-refractivity contribution >= 4 is 14.5 Å². The highest BCUT2D eigenvalue weighted by Gasteiger charge is 2.03. The van der Waals surface area contributed by atoms with E-state index in [1.54, 1.807) is 7.11 Å². The van der Waals surface area contributed by atoms with E-state index in [0.717, 1.165) is 18.6 Å². The Balaban J connectivity index is 2.10. The topological polar surface area (TPSA) is 9.23 Å². The lowest BCUT2D eigenvalue weighted by Crippen LogP contribution is -2.03. The molecule has 0 N–H and O–H groups in total. The Morgan fingerprint density at radius 2 is 1.47 bits per heavy atom. The molecule has 0 saturated carbocycles. The van der Waals surface area contributed by atoms with Crippen molar-refractivity contribution in [2.24, 2.45) is 0 Å². The first-order chi connectivity index (χ1) is 8.31. The zero-order chi connectivity index (χ0) is 12.1. The van der Waals surface area contributed by atoms with E-state index in [2.05, 4.69) is 45.6 Å². The van der Waals surface area contributed by atoms with Gasteiger partial charge in [-0.1, -0.05) is 42.5 Å². The van der Waals surface area contributed by atoms with E-state index in [1.807, 2.05) is 12.1 Å². The van der Waals surface area contributed by atoms with Crippen LogP contribution in [0.15, 0.2) is 48.5 Å². The maximum absolute atomic E-state index is 5.36. The summed E-state index contributed by atoms with van der Waals surface area (Å²) in [6.45, 7) is 0. The molecule has 1 nitrogen and oxygen atoms in total. The second-order valence-corrected chi connectivity index (χ2v) is 4.63. The third kappa shape index (κ3) is 3.08. The van der Waals surface area contributed by atoms with Gasteiger partial charge in [-0.2, -0.15) is 0 Å². The molecule has 2 rings (SSSR count). The average Bonchev–Trinajstić information content (AvgIpc) is 2.38. The number of aryl methyl sites for hydroxylation is 2. The van der Waals surface area contributed by atoms with Crippen molar-refractivity contribution in [3.63, 3.8) is 0 Å². The summed E-state index contributed by atoms with van der Waals surface area (Å²) in [5, 5.41) is 1.28. The van der Waals surface area contributed by atoms with E-state index < -0.39 is 0 Å². The fraction of sp³-hybridized carbons (Fsp3) is 0.200. The Labute approximate surface area is 105 Å². The predicted molar refractivity (Wildman–Crippen MR) is 76.2 cm³/mol. The molecule has 0 saturated heterocycles. The van der Waals surface area contributed by atoms with Crippen LogP contribution in [0.5, 0.6) is 5.75 Å². The predicted octanol–water partition coefficient (Wildman–Crippen LogP) is 2.98. The highest BCUT2D eigenvalue weighted by Crippen LogP contribution is 2.19. The molecular weight excluding hydrogens is 227 g/mol. The second-order valence-electron chi connectivity index (χ2n) is 4.01. The van der Waals surface area contributed by atoms with Gasteiger partial charge in [-0.15, -0.1) is 9.24 Å². The highest BCUT2D eigenvalue weighted by molar-refractivity contribution is 7.27. The summed E-state index contributed by atoms with van der Waals surface area (Å²) >= 11 is 0. The molecule has 0 aliphatic rings. The van der Waals surface area contributed by atoms with Crippen molar-refractivity contribution in [3.8, 4) is 5.75 Å². The van der Waals surface area contributed by atoms with Crippen LogP contribution in [-0.2, 0) is 12.8 Å². The quantitative estimate of drug-likeness (QED) is 0.751. The normalized spacial score (nSPS) is 10.2. The SMILES string of the molecule is COc1ccccc1CCc1ccccc1P. The first-order valence-corrected chi connectivity index (χ1v) is 6.34. The molecule has 0 radical (unpaired) electrons. The van der Waals surface area contributed by atoms with Crippen LogP contribution in [0.1, 0.15) is 11.1 Å². The van der Waals surface area contributed by atoms with Gasteiger partial charge in [0.2, 0.25) is 0 Å². The zero-order valence-corrected chi connectivity index (χ0v) is 11.2. The van der Waals surface area contributed by atoms with Gasteiger partial charge < -0.3 is 4.74 Å². The monoisotopic (exact) mass is 244 g/mol. The summed E-state index contributed by atoms with van der Waals surface area (Å²) < 4.78 is 5.36. The summed E-state index contributed by atoms with van der Waals surface area (Å²) in [4.78, 5) is 0. The van der Waals surface area contributed by atoms with Gasteiger partial charge in [0, 0.05) is 0 Å². The lowest BCUT2D eigenvalue weighted by atomic mass is 10.0. The largest absolute Gasteiger partial charge is 0.496 e. The number of hydrogen-bond acceptors (Lipinski definition) is 1. The number of methoxy groups -OCH3 is 1. The molecule has 0 amide bonds. The van der Waals surface area contributed by atoms with Crippen LogP contribution < -0.4 is 10.0 Å². The summed E-state index contributed by atoms with van der Waals surface area (Å²) in [6, 6.07) is 16.7. The van der Waals surface area contributed by atoms with E-state index in [9.17, 15) is 0 Å². The molecule has 0 fully saturated rings. The van der Waals surface area contributed by atoms with Crippen molar-refractivity contribution in [1.82, 2.24) is 0 Å². The first kappa shape index (κ1) is 12.1. The molecule has 0 spiro atoms. The summed E-state index contributed by atoms with van der Waals surface area (Å²) in [7, 11) is 4.52. The van der Waals surface area contributed by atoms with Gasteiger partial charge in [0.1, 0.15) is 5.75 Å². The fourth-order valence-corrected chi connectivity index (χ4v) is 2.29. The molecule has 1 atom stereocenters. The third-order valence-corrected chi connectivity index (χ3v) is 3.47. The van der Waals surface area contributed by atoms with E-state index >= 15 is 0 Å². The van der Waals surface area contributed by atoms with E-state index in [0.29, 0.717) is 0 Å². The maximum Gasteiger partial charge on any atom is 0.122 e. The number of benzene rings is 2. The smallest absolute Gasteiger partial charge is 0.122 e. The number of hydrogen-bond donors (Lipinski definition) is 0.